The van der Waals surface area contributed by atoms with Gasteiger partial charge in [-0.2, -0.15) is 0 Å². The van der Waals surface area contributed by atoms with Crippen molar-refractivity contribution >= 4 is 5.97 Å². The molecule has 1 aromatic carbocycles. The molecule has 1 saturated heterocycles. The maximum atomic E-state index is 14.8. The van der Waals surface area contributed by atoms with Crippen molar-refractivity contribution in [2.45, 2.75) is 24.6 Å². The van der Waals surface area contributed by atoms with Crippen molar-refractivity contribution in [1.29, 1.82) is 0 Å². The summed E-state index contributed by atoms with van der Waals surface area (Å²) in [6.45, 7) is -0.609. The number of carbonyl (C=O) groups excluding carboxylic acids is 1. The molecular weight excluding hydrogens is 335 g/mol. The SMILES string of the molecule is O=C(OC1C(CO)OC(n2ccc(=O)[nH]c2=O)C1F)c1ccccc1. The van der Waals surface area contributed by atoms with Crippen LogP contribution in [0.15, 0.2) is 52.2 Å². The summed E-state index contributed by atoms with van der Waals surface area (Å²) < 4.78 is 26.1. The fraction of sp³-hybridized carbons (Fsp3) is 0.312. The third-order valence-electron chi connectivity index (χ3n) is 3.82. The highest BCUT2D eigenvalue weighted by atomic mass is 19.1. The van der Waals surface area contributed by atoms with E-state index in [1.54, 1.807) is 18.2 Å². The summed E-state index contributed by atoms with van der Waals surface area (Å²) in [7, 11) is 0. The number of benzene rings is 1. The van der Waals surface area contributed by atoms with Crippen LogP contribution in [0.4, 0.5) is 4.39 Å². The van der Waals surface area contributed by atoms with Gasteiger partial charge in [0.1, 0.15) is 6.10 Å². The van der Waals surface area contributed by atoms with Gasteiger partial charge in [-0.3, -0.25) is 14.3 Å². The molecule has 2 N–H and O–H groups in total. The van der Waals surface area contributed by atoms with E-state index in [1.165, 1.54) is 12.1 Å². The molecule has 1 aliphatic heterocycles. The van der Waals surface area contributed by atoms with Crippen molar-refractivity contribution in [3.8, 4) is 0 Å². The summed E-state index contributed by atoms with van der Waals surface area (Å²) in [6.07, 6.45) is -4.81. The first kappa shape index (κ1) is 17.1. The number of alkyl halides is 1. The average molecular weight is 350 g/mol. The number of nitrogens with zero attached hydrogens (tertiary/aromatic N) is 1. The zero-order valence-electron chi connectivity index (χ0n) is 12.9. The molecule has 0 radical (unpaired) electrons. The van der Waals surface area contributed by atoms with Crippen LogP contribution in [0.5, 0.6) is 0 Å². The Labute approximate surface area is 140 Å². The Hall–Kier alpha value is -2.78. The number of hydrogen-bond donors (Lipinski definition) is 2. The molecule has 0 aliphatic carbocycles. The van der Waals surface area contributed by atoms with Crippen molar-refractivity contribution in [1.82, 2.24) is 9.55 Å². The second kappa shape index (κ2) is 6.99. The minimum atomic E-state index is -1.91. The number of nitrogens with one attached hydrogen (secondary N) is 1. The lowest BCUT2D eigenvalue weighted by Gasteiger charge is -2.18. The largest absolute Gasteiger partial charge is 0.453 e. The summed E-state index contributed by atoms with van der Waals surface area (Å²) in [5.74, 6) is -0.773. The Morgan fingerprint density at radius 3 is 2.64 bits per heavy atom. The monoisotopic (exact) mass is 350 g/mol. The van der Waals surface area contributed by atoms with Gasteiger partial charge in [-0.1, -0.05) is 18.2 Å². The zero-order valence-corrected chi connectivity index (χ0v) is 12.9. The second-order valence-corrected chi connectivity index (χ2v) is 5.45. The number of H-pyrrole nitrogens is 1. The molecule has 4 atom stereocenters. The standard InChI is InChI=1S/C16H15FN2O6/c17-12-13(25-15(22)9-4-2-1-3-5-9)10(8-20)24-14(12)19-7-6-11(21)18-16(19)23/h1-7,10,12-14,20H,8H2,(H,18,21,23). The fourth-order valence-electron chi connectivity index (χ4n) is 2.60. The number of esters is 1. The molecule has 1 aliphatic rings. The van der Waals surface area contributed by atoms with E-state index in [0.29, 0.717) is 0 Å². The maximum Gasteiger partial charge on any atom is 0.338 e. The maximum absolute atomic E-state index is 14.8. The molecule has 2 aromatic rings. The van der Waals surface area contributed by atoms with Crippen LogP contribution in [0.1, 0.15) is 16.6 Å². The number of aromatic nitrogens is 2. The van der Waals surface area contributed by atoms with Gasteiger partial charge < -0.3 is 14.6 Å². The smallest absolute Gasteiger partial charge is 0.338 e. The Kier molecular flexibility index (Phi) is 4.77. The molecule has 25 heavy (non-hydrogen) atoms. The molecule has 1 fully saturated rings. The third-order valence-corrected chi connectivity index (χ3v) is 3.82. The lowest BCUT2D eigenvalue weighted by atomic mass is 10.1. The Bertz CT molecular complexity index is 865. The summed E-state index contributed by atoms with van der Waals surface area (Å²) >= 11 is 0. The van der Waals surface area contributed by atoms with Gasteiger partial charge >= 0.3 is 11.7 Å². The topological polar surface area (TPSA) is 111 Å². The number of halogens is 1. The van der Waals surface area contributed by atoms with Crippen molar-refractivity contribution in [3.63, 3.8) is 0 Å². The van der Waals surface area contributed by atoms with E-state index in [9.17, 15) is 23.9 Å². The summed E-state index contributed by atoms with van der Waals surface area (Å²) in [5, 5.41) is 9.39. The Balaban J connectivity index is 1.84. The number of rotatable bonds is 4. The van der Waals surface area contributed by atoms with E-state index >= 15 is 0 Å². The van der Waals surface area contributed by atoms with Crippen molar-refractivity contribution < 1.29 is 23.8 Å². The molecule has 0 spiro atoms. The normalized spacial score (nSPS) is 25.7. The van der Waals surface area contributed by atoms with Gasteiger partial charge in [0.25, 0.3) is 5.56 Å². The highest BCUT2D eigenvalue weighted by Gasteiger charge is 2.48. The predicted molar refractivity (Wildman–Crippen MR) is 82.9 cm³/mol. The van der Waals surface area contributed by atoms with E-state index < -0.39 is 48.4 Å². The number of aliphatic hydroxyl groups excluding tert-OH is 1. The van der Waals surface area contributed by atoms with Crippen LogP contribution in [0.2, 0.25) is 0 Å². The Morgan fingerprint density at radius 1 is 1.28 bits per heavy atom. The number of ether oxygens (including phenoxy) is 2. The van der Waals surface area contributed by atoms with Gasteiger partial charge in [-0.15, -0.1) is 0 Å². The minimum absolute atomic E-state index is 0.219. The minimum Gasteiger partial charge on any atom is -0.453 e. The zero-order chi connectivity index (χ0) is 18.0. The number of hydrogen-bond acceptors (Lipinski definition) is 6. The molecule has 0 amide bonds. The number of carbonyl (C=O) groups is 1. The predicted octanol–water partition coefficient (Wildman–Crippen LogP) is -0.0100. The molecular formula is C16H15FN2O6. The van der Waals surface area contributed by atoms with Crippen LogP contribution in [-0.4, -0.2) is 45.6 Å². The number of aliphatic hydroxyl groups is 1. The first-order valence-corrected chi connectivity index (χ1v) is 7.49. The first-order valence-electron chi connectivity index (χ1n) is 7.49. The van der Waals surface area contributed by atoms with Crippen LogP contribution >= 0.6 is 0 Å². The molecule has 0 saturated carbocycles. The lowest BCUT2D eigenvalue weighted by molar-refractivity contribution is -0.0533. The molecule has 9 heteroatoms. The van der Waals surface area contributed by atoms with Crippen LogP contribution in [0.25, 0.3) is 0 Å². The van der Waals surface area contributed by atoms with E-state index in [2.05, 4.69) is 0 Å². The molecule has 132 valence electrons. The van der Waals surface area contributed by atoms with Crippen LogP contribution in [-0.2, 0) is 9.47 Å². The first-order chi connectivity index (χ1) is 12.0. The van der Waals surface area contributed by atoms with Crippen LogP contribution < -0.4 is 11.2 Å². The van der Waals surface area contributed by atoms with Gasteiger partial charge in [0.15, 0.2) is 18.5 Å². The molecule has 8 nitrogen and oxygen atoms in total. The lowest BCUT2D eigenvalue weighted by Crippen LogP contribution is -2.37. The van der Waals surface area contributed by atoms with Crippen molar-refractivity contribution in [2.75, 3.05) is 6.61 Å². The molecule has 2 heterocycles. The van der Waals surface area contributed by atoms with Crippen molar-refractivity contribution in [2.24, 2.45) is 0 Å². The van der Waals surface area contributed by atoms with Gasteiger partial charge in [0.2, 0.25) is 0 Å². The van der Waals surface area contributed by atoms with Gasteiger partial charge in [-0.25, -0.2) is 14.0 Å². The van der Waals surface area contributed by atoms with Gasteiger partial charge in [0.05, 0.1) is 12.2 Å². The molecule has 1 aromatic heterocycles. The highest BCUT2D eigenvalue weighted by molar-refractivity contribution is 5.89. The van der Waals surface area contributed by atoms with Crippen LogP contribution in [0, 0.1) is 0 Å². The fourth-order valence-corrected chi connectivity index (χ4v) is 2.60. The molecule has 0 bridgehead atoms. The molecule has 4 unspecified atom stereocenters. The quantitative estimate of drug-likeness (QED) is 0.751. The van der Waals surface area contributed by atoms with Crippen LogP contribution in [0.3, 0.4) is 0 Å². The highest BCUT2D eigenvalue weighted by Crippen LogP contribution is 2.33. The molecule has 3 rings (SSSR count). The second-order valence-electron chi connectivity index (χ2n) is 5.45. The van der Waals surface area contributed by atoms with E-state index in [0.717, 1.165) is 16.8 Å². The van der Waals surface area contributed by atoms with E-state index in [-0.39, 0.29) is 5.56 Å². The van der Waals surface area contributed by atoms with Gasteiger partial charge in [-0.05, 0) is 12.1 Å². The summed E-state index contributed by atoms with van der Waals surface area (Å²) in [4.78, 5) is 37.0. The van der Waals surface area contributed by atoms with Gasteiger partial charge in [0, 0.05) is 12.3 Å². The Morgan fingerprint density at radius 2 is 2.00 bits per heavy atom. The summed E-state index contributed by atoms with van der Waals surface area (Å²) in [5.41, 5.74) is -1.29. The van der Waals surface area contributed by atoms with E-state index in [1.807, 2.05) is 4.98 Å². The third kappa shape index (κ3) is 3.37. The summed E-state index contributed by atoms with van der Waals surface area (Å²) in [6, 6.07) is 9.01. The number of aromatic amines is 1. The average Bonchev–Trinajstić information content (AvgIpc) is 2.92. The van der Waals surface area contributed by atoms with E-state index in [4.69, 9.17) is 9.47 Å². The van der Waals surface area contributed by atoms with Crippen molar-refractivity contribution in [3.05, 3.63) is 69.0 Å².